The number of amides is 1. The number of ether oxygens (including phenoxy) is 1. The maximum Gasteiger partial charge on any atom is 0.221 e. The van der Waals surface area contributed by atoms with Gasteiger partial charge in [-0.15, -0.1) is 24.2 Å². The molecule has 0 spiro atoms. The zero-order valence-corrected chi connectivity index (χ0v) is 14.6. The second-order valence-electron chi connectivity index (χ2n) is 5.51. The molecule has 3 N–H and O–H groups in total. The summed E-state index contributed by atoms with van der Waals surface area (Å²) in [4.78, 5) is 13.2. The SMILES string of the molecule is COc1ccc(SCCC(=O)NC2(CN)CCCC2)cc1.Cl. The maximum absolute atomic E-state index is 12.1. The van der Waals surface area contributed by atoms with Crippen LogP contribution in [-0.2, 0) is 4.79 Å². The average Bonchev–Trinajstić information content (AvgIpc) is 2.97. The lowest BCUT2D eigenvalue weighted by Crippen LogP contribution is -2.51. The van der Waals surface area contributed by atoms with E-state index in [0.29, 0.717) is 13.0 Å². The van der Waals surface area contributed by atoms with Gasteiger partial charge in [-0.1, -0.05) is 12.8 Å². The molecule has 4 nitrogen and oxygen atoms in total. The van der Waals surface area contributed by atoms with Crippen molar-refractivity contribution >= 4 is 30.1 Å². The molecule has 0 heterocycles. The van der Waals surface area contributed by atoms with E-state index in [2.05, 4.69) is 5.32 Å². The smallest absolute Gasteiger partial charge is 0.221 e. The van der Waals surface area contributed by atoms with Crippen LogP contribution in [0.1, 0.15) is 32.1 Å². The molecule has 1 aromatic rings. The Labute approximate surface area is 143 Å². The van der Waals surface area contributed by atoms with Gasteiger partial charge in [-0.05, 0) is 37.1 Å². The second kappa shape index (κ2) is 9.28. The van der Waals surface area contributed by atoms with E-state index < -0.39 is 0 Å². The predicted octanol–water partition coefficient (Wildman–Crippen LogP) is 2.99. The van der Waals surface area contributed by atoms with Gasteiger partial charge in [0.15, 0.2) is 0 Å². The van der Waals surface area contributed by atoms with E-state index in [1.807, 2.05) is 24.3 Å². The van der Waals surface area contributed by atoms with Crippen LogP contribution in [0.4, 0.5) is 0 Å². The number of benzene rings is 1. The first-order valence-electron chi connectivity index (χ1n) is 7.45. The summed E-state index contributed by atoms with van der Waals surface area (Å²) in [6, 6.07) is 7.90. The first kappa shape index (κ1) is 19.1. The molecule has 124 valence electrons. The van der Waals surface area contributed by atoms with E-state index in [1.165, 1.54) is 0 Å². The fourth-order valence-corrected chi connectivity index (χ4v) is 3.58. The summed E-state index contributed by atoms with van der Waals surface area (Å²) in [6.07, 6.45) is 4.89. The zero-order valence-electron chi connectivity index (χ0n) is 13.0. The van der Waals surface area contributed by atoms with Crippen LogP contribution < -0.4 is 15.8 Å². The van der Waals surface area contributed by atoms with Gasteiger partial charge in [0, 0.05) is 23.6 Å². The number of halogens is 1. The van der Waals surface area contributed by atoms with E-state index in [-0.39, 0.29) is 23.9 Å². The lowest BCUT2D eigenvalue weighted by molar-refractivity contribution is -0.122. The van der Waals surface area contributed by atoms with Crippen molar-refractivity contribution < 1.29 is 9.53 Å². The van der Waals surface area contributed by atoms with E-state index in [1.54, 1.807) is 18.9 Å². The second-order valence-corrected chi connectivity index (χ2v) is 6.68. The minimum Gasteiger partial charge on any atom is -0.497 e. The quantitative estimate of drug-likeness (QED) is 0.746. The first-order valence-corrected chi connectivity index (χ1v) is 8.44. The first-order chi connectivity index (χ1) is 10.2. The molecule has 0 radical (unpaired) electrons. The summed E-state index contributed by atoms with van der Waals surface area (Å²) in [5.74, 6) is 1.74. The van der Waals surface area contributed by atoms with E-state index >= 15 is 0 Å². The highest BCUT2D eigenvalue weighted by molar-refractivity contribution is 7.99. The van der Waals surface area contributed by atoms with Crippen LogP contribution in [0.5, 0.6) is 5.75 Å². The Morgan fingerprint density at radius 3 is 2.50 bits per heavy atom. The summed E-state index contributed by atoms with van der Waals surface area (Å²) in [6.45, 7) is 0.546. The van der Waals surface area contributed by atoms with Crippen molar-refractivity contribution in [2.45, 2.75) is 42.5 Å². The molecular weight excluding hydrogens is 320 g/mol. The van der Waals surface area contributed by atoms with Crippen LogP contribution in [0.15, 0.2) is 29.2 Å². The van der Waals surface area contributed by atoms with Crippen molar-refractivity contribution in [2.24, 2.45) is 5.73 Å². The van der Waals surface area contributed by atoms with Crippen LogP contribution in [0, 0.1) is 0 Å². The summed E-state index contributed by atoms with van der Waals surface area (Å²) < 4.78 is 5.12. The number of hydrogen-bond donors (Lipinski definition) is 2. The number of nitrogens with one attached hydrogen (secondary N) is 1. The van der Waals surface area contributed by atoms with Crippen molar-refractivity contribution in [3.63, 3.8) is 0 Å². The monoisotopic (exact) mass is 344 g/mol. The van der Waals surface area contributed by atoms with E-state index in [0.717, 1.165) is 42.1 Å². The van der Waals surface area contributed by atoms with Gasteiger partial charge in [0.25, 0.3) is 0 Å². The number of carbonyl (C=O) groups is 1. The Morgan fingerprint density at radius 1 is 1.32 bits per heavy atom. The number of nitrogens with two attached hydrogens (primary N) is 1. The predicted molar refractivity (Wildman–Crippen MR) is 94.0 cm³/mol. The van der Waals surface area contributed by atoms with Gasteiger partial charge in [-0.2, -0.15) is 0 Å². The molecule has 0 saturated heterocycles. The summed E-state index contributed by atoms with van der Waals surface area (Å²) >= 11 is 1.68. The van der Waals surface area contributed by atoms with Crippen molar-refractivity contribution in [3.8, 4) is 5.75 Å². The van der Waals surface area contributed by atoms with Crippen molar-refractivity contribution in [2.75, 3.05) is 19.4 Å². The fourth-order valence-electron chi connectivity index (χ4n) is 2.72. The lowest BCUT2D eigenvalue weighted by Gasteiger charge is -2.28. The molecule has 1 fully saturated rings. The number of rotatable bonds is 7. The standard InChI is InChI=1S/C16H24N2O2S.ClH/c1-20-13-4-6-14(7-5-13)21-11-8-15(19)18-16(12-17)9-2-3-10-16;/h4-7H,2-3,8-12,17H2,1H3,(H,18,19);1H. The van der Waals surface area contributed by atoms with Crippen LogP contribution >= 0.6 is 24.2 Å². The topological polar surface area (TPSA) is 64.3 Å². The van der Waals surface area contributed by atoms with Crippen LogP contribution in [0.25, 0.3) is 0 Å². The van der Waals surface area contributed by atoms with Crippen molar-refractivity contribution in [1.82, 2.24) is 5.32 Å². The minimum absolute atomic E-state index is 0. The molecule has 1 aromatic carbocycles. The third-order valence-corrected chi connectivity index (χ3v) is 5.03. The minimum atomic E-state index is -0.137. The van der Waals surface area contributed by atoms with Gasteiger partial charge in [-0.25, -0.2) is 0 Å². The van der Waals surface area contributed by atoms with Crippen LogP contribution in [0.2, 0.25) is 0 Å². The Kier molecular flexibility index (Phi) is 8.07. The molecule has 1 saturated carbocycles. The highest BCUT2D eigenvalue weighted by Gasteiger charge is 2.33. The Bertz CT molecular complexity index is 462. The van der Waals surface area contributed by atoms with Gasteiger partial charge >= 0.3 is 0 Å². The van der Waals surface area contributed by atoms with Crippen molar-refractivity contribution in [3.05, 3.63) is 24.3 Å². The van der Waals surface area contributed by atoms with Gasteiger partial charge in [0.1, 0.15) is 5.75 Å². The molecule has 22 heavy (non-hydrogen) atoms. The Hall–Kier alpha value is -0.910. The largest absolute Gasteiger partial charge is 0.497 e. The molecule has 1 aliphatic carbocycles. The van der Waals surface area contributed by atoms with Crippen LogP contribution in [0.3, 0.4) is 0 Å². The Balaban J connectivity index is 0.00000242. The average molecular weight is 345 g/mol. The van der Waals surface area contributed by atoms with Crippen LogP contribution in [-0.4, -0.2) is 30.9 Å². The van der Waals surface area contributed by atoms with E-state index in [9.17, 15) is 4.79 Å². The van der Waals surface area contributed by atoms with Gasteiger partial charge in [0.05, 0.1) is 12.6 Å². The molecule has 2 rings (SSSR count). The highest BCUT2D eigenvalue weighted by atomic mass is 35.5. The third-order valence-electron chi connectivity index (χ3n) is 4.01. The normalized spacial score (nSPS) is 15.9. The lowest BCUT2D eigenvalue weighted by atomic mass is 9.98. The fraction of sp³-hybridized carbons (Fsp3) is 0.562. The molecule has 0 aromatic heterocycles. The van der Waals surface area contributed by atoms with E-state index in [4.69, 9.17) is 10.5 Å². The van der Waals surface area contributed by atoms with Gasteiger partial charge in [0.2, 0.25) is 5.91 Å². The summed E-state index contributed by atoms with van der Waals surface area (Å²) in [5, 5.41) is 3.15. The number of carbonyl (C=O) groups excluding carboxylic acids is 1. The maximum atomic E-state index is 12.1. The summed E-state index contributed by atoms with van der Waals surface area (Å²) in [5.41, 5.74) is 5.70. The number of thioether (sulfide) groups is 1. The molecule has 0 atom stereocenters. The molecule has 0 unspecified atom stereocenters. The zero-order chi connectivity index (χ0) is 15.1. The Morgan fingerprint density at radius 2 is 1.95 bits per heavy atom. The number of methoxy groups -OCH3 is 1. The van der Waals surface area contributed by atoms with Gasteiger partial charge < -0.3 is 15.8 Å². The number of hydrogen-bond acceptors (Lipinski definition) is 4. The molecule has 1 aliphatic rings. The van der Waals surface area contributed by atoms with Crippen molar-refractivity contribution in [1.29, 1.82) is 0 Å². The molecular formula is C16H25ClN2O2S. The molecule has 6 heteroatoms. The highest BCUT2D eigenvalue weighted by Crippen LogP contribution is 2.29. The van der Waals surface area contributed by atoms with Gasteiger partial charge in [-0.3, -0.25) is 4.79 Å². The molecule has 0 aliphatic heterocycles. The summed E-state index contributed by atoms with van der Waals surface area (Å²) in [7, 11) is 1.66. The third kappa shape index (κ3) is 5.38. The molecule has 1 amide bonds. The molecule has 0 bridgehead atoms.